The van der Waals surface area contributed by atoms with Crippen molar-refractivity contribution in [2.45, 2.75) is 0 Å². The highest BCUT2D eigenvalue weighted by Crippen LogP contribution is 2.20. The summed E-state index contributed by atoms with van der Waals surface area (Å²) in [6, 6.07) is 20.9. The molecule has 3 rings (SSSR count). The monoisotopic (exact) mass is 485 g/mol. The number of nitrogens with one attached hydrogen (secondary N) is 2. The van der Waals surface area contributed by atoms with E-state index in [-0.39, 0.29) is 18.4 Å². The molecule has 30 heavy (non-hydrogen) atoms. The van der Waals surface area contributed by atoms with E-state index < -0.39 is 0 Å². The Balaban J connectivity index is 1.47. The van der Waals surface area contributed by atoms with E-state index in [1.807, 2.05) is 0 Å². The fourth-order valence-corrected chi connectivity index (χ4v) is 2.83. The van der Waals surface area contributed by atoms with Crippen LogP contribution in [0.5, 0.6) is 5.75 Å². The van der Waals surface area contributed by atoms with E-state index in [2.05, 4.69) is 31.8 Å². The van der Waals surface area contributed by atoms with Crippen LogP contribution in [0.4, 0.5) is 5.69 Å². The van der Waals surface area contributed by atoms with Crippen LogP contribution in [-0.4, -0.2) is 24.6 Å². The number of hydrazone groups is 1. The van der Waals surface area contributed by atoms with Gasteiger partial charge in [0.15, 0.2) is 6.61 Å². The molecule has 0 saturated heterocycles. The van der Waals surface area contributed by atoms with Crippen LogP contribution in [0.15, 0.2) is 82.4 Å². The molecule has 0 radical (unpaired) electrons. The van der Waals surface area contributed by atoms with E-state index in [1.54, 1.807) is 72.8 Å². The Bertz CT molecular complexity index is 1050. The third kappa shape index (κ3) is 6.43. The van der Waals surface area contributed by atoms with Gasteiger partial charge in [0, 0.05) is 10.0 Å². The largest absolute Gasteiger partial charge is 0.484 e. The fourth-order valence-electron chi connectivity index (χ4n) is 2.38. The standard InChI is InChI=1S/C22H17BrClN3O3/c23-17-9-7-16(8-10-17)22(29)27-25-13-15-5-11-18(12-6-15)30-14-21(28)26-20-4-2-1-3-19(20)24/h1-13H,14H2,(H,26,28)(H,27,29)/b25-13-. The van der Waals surface area contributed by atoms with Gasteiger partial charge in [-0.2, -0.15) is 5.10 Å². The lowest BCUT2D eigenvalue weighted by Crippen LogP contribution is -2.20. The maximum atomic E-state index is 12.0. The summed E-state index contributed by atoms with van der Waals surface area (Å²) in [4.78, 5) is 24.0. The molecule has 0 aliphatic carbocycles. The highest BCUT2D eigenvalue weighted by molar-refractivity contribution is 9.10. The number of carbonyl (C=O) groups excluding carboxylic acids is 2. The van der Waals surface area contributed by atoms with Gasteiger partial charge in [-0.15, -0.1) is 0 Å². The quantitative estimate of drug-likeness (QED) is 0.369. The van der Waals surface area contributed by atoms with Crippen LogP contribution in [-0.2, 0) is 4.79 Å². The molecule has 0 saturated carbocycles. The maximum absolute atomic E-state index is 12.0. The molecule has 0 atom stereocenters. The Morgan fingerprint density at radius 1 is 1.00 bits per heavy atom. The molecule has 0 aromatic heterocycles. The van der Waals surface area contributed by atoms with Gasteiger partial charge in [0.25, 0.3) is 11.8 Å². The molecule has 8 heteroatoms. The van der Waals surface area contributed by atoms with Crippen LogP contribution >= 0.6 is 27.5 Å². The lowest BCUT2D eigenvalue weighted by molar-refractivity contribution is -0.118. The van der Waals surface area contributed by atoms with Gasteiger partial charge in [0.2, 0.25) is 0 Å². The molecule has 0 fully saturated rings. The average Bonchev–Trinajstić information content (AvgIpc) is 2.75. The van der Waals surface area contributed by atoms with Crippen molar-refractivity contribution in [3.8, 4) is 5.75 Å². The summed E-state index contributed by atoms with van der Waals surface area (Å²) in [5, 5.41) is 7.09. The minimum absolute atomic E-state index is 0.151. The first-order chi connectivity index (χ1) is 14.5. The Hall–Kier alpha value is -3.16. The van der Waals surface area contributed by atoms with Gasteiger partial charge in [0.1, 0.15) is 5.75 Å². The molecule has 0 bridgehead atoms. The van der Waals surface area contributed by atoms with Crippen LogP contribution in [0.1, 0.15) is 15.9 Å². The first-order valence-corrected chi connectivity index (χ1v) is 10.0. The number of nitrogens with zero attached hydrogens (tertiary/aromatic N) is 1. The molecule has 0 unspecified atom stereocenters. The van der Waals surface area contributed by atoms with E-state index in [0.29, 0.717) is 22.0 Å². The van der Waals surface area contributed by atoms with Crippen LogP contribution in [0.2, 0.25) is 5.02 Å². The third-order valence-corrected chi connectivity index (χ3v) is 4.74. The molecular weight excluding hydrogens is 470 g/mol. The molecule has 2 amide bonds. The first-order valence-electron chi connectivity index (χ1n) is 8.87. The minimum atomic E-state index is -0.315. The summed E-state index contributed by atoms with van der Waals surface area (Å²) < 4.78 is 6.37. The first kappa shape index (κ1) is 21.5. The van der Waals surface area contributed by atoms with Crippen LogP contribution in [0.3, 0.4) is 0 Å². The van der Waals surface area contributed by atoms with Gasteiger partial charge < -0.3 is 10.1 Å². The van der Waals surface area contributed by atoms with Crippen LogP contribution < -0.4 is 15.5 Å². The topological polar surface area (TPSA) is 79.8 Å². The molecule has 0 spiro atoms. The molecule has 2 N–H and O–H groups in total. The molecule has 3 aromatic rings. The second-order valence-corrected chi connectivity index (χ2v) is 7.41. The summed E-state index contributed by atoms with van der Waals surface area (Å²) in [5.74, 6) is -0.0898. The molecule has 0 heterocycles. The smallest absolute Gasteiger partial charge is 0.271 e. The Labute approximate surface area is 187 Å². The van der Waals surface area contributed by atoms with Crippen molar-refractivity contribution >= 4 is 51.2 Å². The Kier molecular flexibility index (Phi) is 7.59. The number of hydrogen-bond acceptors (Lipinski definition) is 4. The predicted molar refractivity (Wildman–Crippen MR) is 121 cm³/mol. The van der Waals surface area contributed by atoms with Crippen LogP contribution in [0, 0.1) is 0 Å². The molecule has 6 nitrogen and oxygen atoms in total. The Morgan fingerprint density at radius 3 is 2.40 bits per heavy atom. The van der Waals surface area contributed by atoms with Crippen molar-refractivity contribution in [3.63, 3.8) is 0 Å². The number of rotatable bonds is 7. The highest BCUT2D eigenvalue weighted by Gasteiger charge is 2.06. The van der Waals surface area contributed by atoms with Crippen molar-refractivity contribution in [2.75, 3.05) is 11.9 Å². The van der Waals surface area contributed by atoms with E-state index in [9.17, 15) is 9.59 Å². The number of carbonyl (C=O) groups is 2. The van der Waals surface area contributed by atoms with Gasteiger partial charge in [-0.1, -0.05) is 39.7 Å². The number of benzene rings is 3. The summed E-state index contributed by atoms with van der Waals surface area (Å²) in [5.41, 5.74) is 4.27. The lowest BCUT2D eigenvalue weighted by Gasteiger charge is -2.08. The van der Waals surface area contributed by atoms with Crippen molar-refractivity contribution in [1.29, 1.82) is 0 Å². The average molecular weight is 487 g/mol. The third-order valence-electron chi connectivity index (χ3n) is 3.88. The zero-order valence-electron chi connectivity index (χ0n) is 15.6. The second kappa shape index (κ2) is 10.6. The highest BCUT2D eigenvalue weighted by atomic mass is 79.9. The number of ether oxygens (including phenoxy) is 1. The molecular formula is C22H17BrClN3O3. The number of anilines is 1. The number of amides is 2. The van der Waals surface area contributed by atoms with Gasteiger partial charge in [-0.3, -0.25) is 9.59 Å². The Morgan fingerprint density at radius 2 is 1.70 bits per heavy atom. The van der Waals surface area contributed by atoms with Crippen molar-refractivity contribution in [3.05, 3.63) is 93.4 Å². The van der Waals surface area contributed by atoms with Crippen molar-refractivity contribution < 1.29 is 14.3 Å². The number of halogens is 2. The molecule has 0 aliphatic heterocycles. The van der Waals surface area contributed by atoms with Gasteiger partial charge in [-0.25, -0.2) is 5.43 Å². The summed E-state index contributed by atoms with van der Waals surface area (Å²) in [6.07, 6.45) is 1.52. The van der Waals surface area contributed by atoms with Crippen molar-refractivity contribution in [2.24, 2.45) is 5.10 Å². The maximum Gasteiger partial charge on any atom is 0.271 e. The lowest BCUT2D eigenvalue weighted by atomic mass is 10.2. The van der Waals surface area contributed by atoms with Gasteiger partial charge in [0.05, 0.1) is 16.9 Å². The van der Waals surface area contributed by atoms with Gasteiger partial charge in [-0.05, 0) is 66.2 Å². The predicted octanol–water partition coefficient (Wildman–Crippen LogP) is 4.88. The molecule has 0 aliphatic rings. The second-order valence-electron chi connectivity index (χ2n) is 6.09. The van der Waals surface area contributed by atoms with E-state index in [4.69, 9.17) is 16.3 Å². The van der Waals surface area contributed by atoms with Crippen LogP contribution in [0.25, 0.3) is 0 Å². The van der Waals surface area contributed by atoms with E-state index in [1.165, 1.54) is 6.21 Å². The van der Waals surface area contributed by atoms with Gasteiger partial charge >= 0.3 is 0 Å². The summed E-state index contributed by atoms with van der Waals surface area (Å²) >= 11 is 9.33. The number of para-hydroxylation sites is 1. The van der Waals surface area contributed by atoms with E-state index in [0.717, 1.165) is 10.0 Å². The summed E-state index contributed by atoms with van der Waals surface area (Å²) in [6.45, 7) is -0.151. The zero-order valence-corrected chi connectivity index (χ0v) is 18.0. The van der Waals surface area contributed by atoms with Crippen molar-refractivity contribution in [1.82, 2.24) is 5.43 Å². The van der Waals surface area contributed by atoms with E-state index >= 15 is 0 Å². The minimum Gasteiger partial charge on any atom is -0.484 e. The molecule has 3 aromatic carbocycles. The fraction of sp³-hybridized carbons (Fsp3) is 0.0455. The SMILES string of the molecule is O=C(COc1ccc(/C=N\NC(=O)c2ccc(Br)cc2)cc1)Nc1ccccc1Cl. The normalized spacial score (nSPS) is 10.6. The zero-order chi connectivity index (χ0) is 21.3. The molecule has 152 valence electrons. The summed E-state index contributed by atoms with van der Waals surface area (Å²) in [7, 11) is 0. The number of hydrogen-bond donors (Lipinski definition) is 2.